The van der Waals surface area contributed by atoms with Crippen molar-refractivity contribution in [3.05, 3.63) is 35.9 Å². The van der Waals surface area contributed by atoms with Crippen molar-refractivity contribution in [3.8, 4) is 0 Å². The molecule has 0 aliphatic heterocycles. The lowest BCUT2D eigenvalue weighted by atomic mass is 9.90. The SMILES string of the molecule is O=CCCC(CCC=O)c1ccccc1. The van der Waals surface area contributed by atoms with E-state index in [1.54, 1.807) is 0 Å². The maximum atomic E-state index is 10.3. The number of carbonyl (C=O) groups excluding carboxylic acids is 2. The highest BCUT2D eigenvalue weighted by atomic mass is 16.1. The summed E-state index contributed by atoms with van der Waals surface area (Å²) in [4.78, 5) is 20.7. The molecule has 1 aromatic rings. The lowest BCUT2D eigenvalue weighted by molar-refractivity contribution is -0.108. The minimum atomic E-state index is 0.335. The molecule has 0 spiro atoms. The van der Waals surface area contributed by atoms with Gasteiger partial charge < -0.3 is 9.59 Å². The van der Waals surface area contributed by atoms with E-state index < -0.39 is 0 Å². The Balaban J connectivity index is 2.62. The third-order valence-electron chi connectivity index (χ3n) is 2.54. The Morgan fingerprint density at radius 2 is 1.47 bits per heavy atom. The first-order valence-electron chi connectivity index (χ1n) is 5.30. The first kappa shape index (κ1) is 11.6. The van der Waals surface area contributed by atoms with Crippen LogP contribution in [0.5, 0.6) is 0 Å². The largest absolute Gasteiger partial charge is 0.303 e. The number of benzene rings is 1. The van der Waals surface area contributed by atoms with Crippen LogP contribution in [-0.4, -0.2) is 12.6 Å². The summed E-state index contributed by atoms with van der Waals surface area (Å²) in [7, 11) is 0. The second-order valence-corrected chi connectivity index (χ2v) is 3.60. The van der Waals surface area contributed by atoms with E-state index in [1.165, 1.54) is 5.56 Å². The summed E-state index contributed by atoms with van der Waals surface area (Å²) in [6, 6.07) is 10.1. The molecule has 2 heteroatoms. The van der Waals surface area contributed by atoms with Gasteiger partial charge in [-0.3, -0.25) is 0 Å². The molecule has 80 valence electrons. The van der Waals surface area contributed by atoms with Crippen LogP contribution in [-0.2, 0) is 9.59 Å². The van der Waals surface area contributed by atoms with Crippen molar-refractivity contribution >= 4 is 12.6 Å². The first-order valence-corrected chi connectivity index (χ1v) is 5.30. The van der Waals surface area contributed by atoms with E-state index in [0.29, 0.717) is 18.8 Å². The van der Waals surface area contributed by atoms with Crippen LogP contribution in [0.15, 0.2) is 30.3 Å². The van der Waals surface area contributed by atoms with Crippen molar-refractivity contribution in [2.75, 3.05) is 0 Å². The highest BCUT2D eigenvalue weighted by Gasteiger charge is 2.09. The van der Waals surface area contributed by atoms with Gasteiger partial charge in [-0.2, -0.15) is 0 Å². The topological polar surface area (TPSA) is 34.1 Å². The predicted octanol–water partition coefficient (Wildman–Crippen LogP) is 2.73. The Hall–Kier alpha value is -1.44. The number of hydrogen-bond acceptors (Lipinski definition) is 2. The molecule has 15 heavy (non-hydrogen) atoms. The van der Waals surface area contributed by atoms with Gasteiger partial charge >= 0.3 is 0 Å². The van der Waals surface area contributed by atoms with Gasteiger partial charge in [0.1, 0.15) is 12.6 Å². The number of hydrogen-bond donors (Lipinski definition) is 0. The molecule has 2 nitrogen and oxygen atoms in total. The maximum absolute atomic E-state index is 10.3. The molecule has 0 atom stereocenters. The molecular weight excluding hydrogens is 188 g/mol. The molecule has 0 N–H and O–H groups in total. The molecular formula is C13H16O2. The molecule has 0 aliphatic rings. The third-order valence-corrected chi connectivity index (χ3v) is 2.54. The fourth-order valence-corrected chi connectivity index (χ4v) is 1.74. The van der Waals surface area contributed by atoms with Gasteiger partial charge in [-0.05, 0) is 24.3 Å². The molecule has 0 amide bonds. The van der Waals surface area contributed by atoms with Crippen LogP contribution in [0, 0.1) is 0 Å². The fourth-order valence-electron chi connectivity index (χ4n) is 1.74. The Labute approximate surface area is 90.3 Å². The minimum Gasteiger partial charge on any atom is -0.303 e. The Kier molecular flexibility index (Phi) is 5.38. The standard InChI is InChI=1S/C13H16O2/c14-10-4-8-13(9-5-11-15)12-6-2-1-3-7-12/h1-3,6-7,10-11,13H,4-5,8-9H2. The zero-order valence-corrected chi connectivity index (χ0v) is 8.76. The number of carbonyl (C=O) groups is 2. The van der Waals surface area contributed by atoms with E-state index in [-0.39, 0.29) is 0 Å². The molecule has 0 unspecified atom stereocenters. The summed E-state index contributed by atoms with van der Waals surface area (Å²) < 4.78 is 0. The van der Waals surface area contributed by atoms with Crippen LogP contribution in [0.2, 0.25) is 0 Å². The summed E-state index contributed by atoms with van der Waals surface area (Å²) in [6.45, 7) is 0. The van der Waals surface area contributed by atoms with E-state index in [1.807, 2.05) is 18.2 Å². The van der Waals surface area contributed by atoms with Crippen LogP contribution >= 0.6 is 0 Å². The molecule has 0 heterocycles. The molecule has 1 rings (SSSR count). The summed E-state index contributed by atoms with van der Waals surface area (Å²) >= 11 is 0. The Morgan fingerprint density at radius 1 is 0.933 bits per heavy atom. The zero-order valence-electron chi connectivity index (χ0n) is 8.76. The molecule has 1 aromatic carbocycles. The Bertz CT molecular complexity index is 281. The maximum Gasteiger partial charge on any atom is 0.120 e. The molecule has 0 aromatic heterocycles. The fraction of sp³-hybridized carbons (Fsp3) is 0.385. The van der Waals surface area contributed by atoms with Crippen molar-refractivity contribution < 1.29 is 9.59 Å². The average molecular weight is 204 g/mol. The highest BCUT2D eigenvalue weighted by Crippen LogP contribution is 2.25. The van der Waals surface area contributed by atoms with Crippen molar-refractivity contribution in [1.82, 2.24) is 0 Å². The van der Waals surface area contributed by atoms with Gasteiger partial charge in [0.15, 0.2) is 0 Å². The van der Waals surface area contributed by atoms with Crippen molar-refractivity contribution in [2.24, 2.45) is 0 Å². The van der Waals surface area contributed by atoms with E-state index in [9.17, 15) is 9.59 Å². The zero-order chi connectivity index (χ0) is 10.9. The second-order valence-electron chi connectivity index (χ2n) is 3.60. The molecule has 0 bridgehead atoms. The van der Waals surface area contributed by atoms with E-state index in [0.717, 1.165) is 25.4 Å². The molecule has 0 aliphatic carbocycles. The third kappa shape index (κ3) is 4.07. The average Bonchev–Trinajstić information content (AvgIpc) is 2.30. The summed E-state index contributed by atoms with van der Waals surface area (Å²) in [5, 5.41) is 0. The first-order chi connectivity index (χ1) is 7.38. The van der Waals surface area contributed by atoms with Crippen LogP contribution in [0.4, 0.5) is 0 Å². The van der Waals surface area contributed by atoms with Crippen LogP contribution in [0.3, 0.4) is 0 Å². The number of rotatable bonds is 7. The van der Waals surface area contributed by atoms with Crippen molar-refractivity contribution in [1.29, 1.82) is 0 Å². The smallest absolute Gasteiger partial charge is 0.120 e. The summed E-state index contributed by atoms with van der Waals surface area (Å²) in [6.07, 6.45) is 4.69. The van der Waals surface area contributed by atoms with E-state index in [2.05, 4.69) is 12.1 Å². The molecule has 0 saturated heterocycles. The van der Waals surface area contributed by atoms with Crippen molar-refractivity contribution in [3.63, 3.8) is 0 Å². The van der Waals surface area contributed by atoms with Crippen molar-refractivity contribution in [2.45, 2.75) is 31.6 Å². The second kappa shape index (κ2) is 6.93. The highest BCUT2D eigenvalue weighted by molar-refractivity contribution is 5.50. The van der Waals surface area contributed by atoms with Gasteiger partial charge in [-0.1, -0.05) is 30.3 Å². The van der Waals surface area contributed by atoms with Gasteiger partial charge in [0.25, 0.3) is 0 Å². The predicted molar refractivity (Wildman–Crippen MR) is 59.8 cm³/mol. The van der Waals surface area contributed by atoms with Crippen LogP contribution in [0.25, 0.3) is 0 Å². The lowest BCUT2D eigenvalue weighted by Gasteiger charge is -2.14. The Morgan fingerprint density at radius 3 is 1.93 bits per heavy atom. The quantitative estimate of drug-likeness (QED) is 0.640. The minimum absolute atomic E-state index is 0.335. The van der Waals surface area contributed by atoms with Gasteiger partial charge in [0.2, 0.25) is 0 Å². The van der Waals surface area contributed by atoms with Gasteiger partial charge in [0.05, 0.1) is 0 Å². The van der Waals surface area contributed by atoms with Crippen LogP contribution in [0.1, 0.15) is 37.2 Å². The van der Waals surface area contributed by atoms with Gasteiger partial charge in [0, 0.05) is 12.8 Å². The van der Waals surface area contributed by atoms with Gasteiger partial charge in [-0.25, -0.2) is 0 Å². The normalized spacial score (nSPS) is 10.2. The summed E-state index contributed by atoms with van der Waals surface area (Å²) in [5.41, 5.74) is 1.22. The van der Waals surface area contributed by atoms with Gasteiger partial charge in [-0.15, -0.1) is 0 Å². The molecule has 0 fully saturated rings. The lowest BCUT2D eigenvalue weighted by Crippen LogP contribution is -2.00. The van der Waals surface area contributed by atoms with E-state index >= 15 is 0 Å². The molecule has 0 radical (unpaired) electrons. The molecule has 0 saturated carbocycles. The summed E-state index contributed by atoms with van der Waals surface area (Å²) in [5.74, 6) is 0.335. The van der Waals surface area contributed by atoms with Crippen LogP contribution < -0.4 is 0 Å². The monoisotopic (exact) mass is 204 g/mol. The number of aldehydes is 2. The van der Waals surface area contributed by atoms with E-state index in [4.69, 9.17) is 0 Å².